The number of aromatic nitrogens is 4. The normalized spacial score (nSPS) is 12.4. The van der Waals surface area contributed by atoms with E-state index in [0.717, 1.165) is 56.0 Å². The monoisotopic (exact) mass is 516 g/mol. The van der Waals surface area contributed by atoms with E-state index in [4.69, 9.17) is 21.3 Å². The zero-order valence-corrected chi connectivity index (χ0v) is 21.8. The van der Waals surface area contributed by atoms with E-state index in [1.165, 1.54) is 0 Å². The van der Waals surface area contributed by atoms with Crippen LogP contribution in [0.3, 0.4) is 0 Å². The number of fused-ring (bicyclic) bond motifs is 2. The van der Waals surface area contributed by atoms with Crippen LogP contribution in [0, 0.1) is 6.92 Å². The molecular formula is C32H25ClN4O. The Hall–Kier alpha value is -4.48. The Kier molecular flexibility index (Phi) is 6.36. The van der Waals surface area contributed by atoms with Gasteiger partial charge >= 0.3 is 0 Å². The van der Waals surface area contributed by atoms with Gasteiger partial charge in [0, 0.05) is 22.3 Å². The number of benzene rings is 3. The summed E-state index contributed by atoms with van der Waals surface area (Å²) >= 11 is 6.13. The summed E-state index contributed by atoms with van der Waals surface area (Å²) in [6, 6.07) is 28.3. The Balaban J connectivity index is 1.17. The Morgan fingerprint density at radius 1 is 0.868 bits per heavy atom. The van der Waals surface area contributed by atoms with Gasteiger partial charge in [0.05, 0.1) is 22.9 Å². The van der Waals surface area contributed by atoms with Gasteiger partial charge in [-0.25, -0.2) is 9.97 Å². The first kappa shape index (κ1) is 23.9. The molecule has 0 fully saturated rings. The van der Waals surface area contributed by atoms with Gasteiger partial charge in [0.25, 0.3) is 0 Å². The molecule has 0 radical (unpaired) electrons. The van der Waals surface area contributed by atoms with Gasteiger partial charge in [0.1, 0.15) is 23.2 Å². The van der Waals surface area contributed by atoms with Crippen molar-refractivity contribution in [3.8, 4) is 11.4 Å². The molecule has 38 heavy (non-hydrogen) atoms. The zero-order chi connectivity index (χ0) is 26.1. The van der Waals surface area contributed by atoms with Crippen LogP contribution in [0.2, 0.25) is 5.02 Å². The van der Waals surface area contributed by atoms with Gasteiger partial charge in [-0.2, -0.15) is 0 Å². The van der Waals surface area contributed by atoms with Crippen molar-refractivity contribution >= 4 is 45.7 Å². The van der Waals surface area contributed by atoms with E-state index in [1.807, 2.05) is 61.5 Å². The smallest absolute Gasteiger partial charge is 0.121 e. The van der Waals surface area contributed by atoms with E-state index in [1.54, 1.807) is 12.4 Å². The third kappa shape index (κ3) is 4.89. The van der Waals surface area contributed by atoms with Crippen LogP contribution in [0.1, 0.15) is 35.7 Å². The van der Waals surface area contributed by atoms with Crippen LogP contribution in [0.25, 0.3) is 39.8 Å². The highest BCUT2D eigenvalue weighted by atomic mass is 35.5. The van der Waals surface area contributed by atoms with Gasteiger partial charge in [-0.3, -0.25) is 9.55 Å². The Morgan fingerprint density at radius 3 is 2.58 bits per heavy atom. The molecule has 0 aliphatic rings. The Morgan fingerprint density at radius 2 is 1.71 bits per heavy atom. The highest BCUT2D eigenvalue weighted by Gasteiger charge is 2.11. The van der Waals surface area contributed by atoms with E-state index in [0.29, 0.717) is 5.02 Å². The molecule has 186 valence electrons. The average Bonchev–Trinajstić information content (AvgIpc) is 3.28. The van der Waals surface area contributed by atoms with Crippen LogP contribution in [0.4, 0.5) is 0 Å². The number of nitrogens with zero attached hydrogens (tertiary/aromatic N) is 4. The lowest BCUT2D eigenvalue weighted by molar-refractivity contribution is 0.227. The van der Waals surface area contributed by atoms with Crippen molar-refractivity contribution in [3.05, 3.63) is 125 Å². The molecule has 3 aromatic heterocycles. The predicted molar refractivity (Wildman–Crippen MR) is 155 cm³/mol. The van der Waals surface area contributed by atoms with Crippen LogP contribution in [-0.4, -0.2) is 19.5 Å². The zero-order valence-electron chi connectivity index (χ0n) is 21.0. The third-order valence-corrected chi connectivity index (χ3v) is 6.77. The second-order valence-electron chi connectivity index (χ2n) is 9.19. The number of ether oxygens (including phenoxy) is 1. The summed E-state index contributed by atoms with van der Waals surface area (Å²) in [6.07, 6.45) is 7.54. The maximum atomic E-state index is 6.28. The summed E-state index contributed by atoms with van der Waals surface area (Å²) in [6.45, 7) is 4.06. The van der Waals surface area contributed by atoms with Crippen LogP contribution in [-0.2, 0) is 0 Å². The quantitative estimate of drug-likeness (QED) is 0.223. The molecule has 6 rings (SSSR count). The molecule has 0 amide bonds. The Labute approximate surface area is 226 Å². The lowest BCUT2D eigenvalue weighted by Gasteiger charge is -2.16. The van der Waals surface area contributed by atoms with E-state index >= 15 is 0 Å². The third-order valence-electron chi connectivity index (χ3n) is 6.53. The van der Waals surface area contributed by atoms with Crippen molar-refractivity contribution in [3.63, 3.8) is 0 Å². The second-order valence-corrected chi connectivity index (χ2v) is 9.63. The highest BCUT2D eigenvalue weighted by molar-refractivity contribution is 6.31. The van der Waals surface area contributed by atoms with E-state index in [-0.39, 0.29) is 6.10 Å². The first-order chi connectivity index (χ1) is 18.5. The van der Waals surface area contributed by atoms with E-state index in [2.05, 4.69) is 63.9 Å². The predicted octanol–water partition coefficient (Wildman–Crippen LogP) is 8.24. The fraction of sp³-hybridized carbons (Fsp3) is 0.0938. The van der Waals surface area contributed by atoms with Gasteiger partial charge < -0.3 is 4.74 Å². The lowest BCUT2D eigenvalue weighted by Crippen LogP contribution is -2.03. The summed E-state index contributed by atoms with van der Waals surface area (Å²) in [4.78, 5) is 13.5. The topological polar surface area (TPSA) is 52.8 Å². The number of halogens is 1. The van der Waals surface area contributed by atoms with Gasteiger partial charge in [0.2, 0.25) is 0 Å². The highest BCUT2D eigenvalue weighted by Crippen LogP contribution is 2.26. The van der Waals surface area contributed by atoms with Gasteiger partial charge in [-0.05, 0) is 85.6 Å². The van der Waals surface area contributed by atoms with Crippen molar-refractivity contribution in [1.82, 2.24) is 19.5 Å². The molecule has 3 heterocycles. The minimum absolute atomic E-state index is 0.114. The SMILES string of the molecule is Cc1nc2cnccc2n1-c1ccc(OC(C)c2cccc(/C=C/c3ccc4ccc(Cl)cc4n3)c2)cc1. The van der Waals surface area contributed by atoms with E-state index < -0.39 is 0 Å². The number of aryl methyl sites for hydroxylation is 1. The van der Waals surface area contributed by atoms with Crippen LogP contribution < -0.4 is 4.74 Å². The van der Waals surface area contributed by atoms with Crippen molar-refractivity contribution in [2.24, 2.45) is 0 Å². The lowest BCUT2D eigenvalue weighted by atomic mass is 10.1. The Bertz CT molecular complexity index is 1790. The molecular weight excluding hydrogens is 492 g/mol. The number of hydrogen-bond acceptors (Lipinski definition) is 4. The number of hydrogen-bond donors (Lipinski definition) is 0. The van der Waals surface area contributed by atoms with Crippen molar-refractivity contribution in [2.45, 2.75) is 20.0 Å². The summed E-state index contributed by atoms with van der Waals surface area (Å²) in [5.41, 5.74) is 6.90. The fourth-order valence-corrected chi connectivity index (χ4v) is 4.79. The van der Waals surface area contributed by atoms with Crippen molar-refractivity contribution < 1.29 is 4.74 Å². The number of rotatable bonds is 6. The van der Waals surface area contributed by atoms with Gasteiger partial charge in [-0.1, -0.05) is 48.0 Å². The molecule has 1 atom stereocenters. The van der Waals surface area contributed by atoms with Crippen molar-refractivity contribution in [1.29, 1.82) is 0 Å². The molecule has 0 saturated heterocycles. The maximum absolute atomic E-state index is 6.28. The molecule has 1 unspecified atom stereocenters. The maximum Gasteiger partial charge on any atom is 0.121 e. The second kappa shape index (κ2) is 10.1. The van der Waals surface area contributed by atoms with Crippen molar-refractivity contribution in [2.75, 3.05) is 0 Å². The molecule has 6 heteroatoms. The van der Waals surface area contributed by atoms with Gasteiger partial charge in [0.15, 0.2) is 0 Å². The van der Waals surface area contributed by atoms with Crippen LogP contribution >= 0.6 is 11.6 Å². The molecule has 0 N–H and O–H groups in total. The minimum Gasteiger partial charge on any atom is -0.486 e. The van der Waals surface area contributed by atoms with Crippen LogP contribution in [0.5, 0.6) is 5.75 Å². The fourth-order valence-electron chi connectivity index (χ4n) is 4.62. The average molecular weight is 517 g/mol. The van der Waals surface area contributed by atoms with E-state index in [9.17, 15) is 0 Å². The summed E-state index contributed by atoms with van der Waals surface area (Å²) in [5.74, 6) is 1.73. The first-order valence-corrected chi connectivity index (χ1v) is 12.8. The molecule has 0 spiro atoms. The summed E-state index contributed by atoms with van der Waals surface area (Å²) in [7, 11) is 0. The van der Waals surface area contributed by atoms with Crippen LogP contribution in [0.15, 0.2) is 97.3 Å². The molecule has 0 saturated carbocycles. The van der Waals surface area contributed by atoms with Gasteiger partial charge in [-0.15, -0.1) is 0 Å². The minimum atomic E-state index is -0.114. The first-order valence-electron chi connectivity index (χ1n) is 12.4. The molecule has 5 nitrogen and oxygen atoms in total. The summed E-state index contributed by atoms with van der Waals surface area (Å²) in [5, 5.41) is 1.75. The number of pyridine rings is 2. The molecule has 6 aromatic rings. The molecule has 0 aliphatic carbocycles. The largest absolute Gasteiger partial charge is 0.486 e. The molecule has 0 aliphatic heterocycles. The standard InChI is InChI=1S/C32H25ClN4O/c1-21(38-29-14-12-28(13-15-29)37-22(2)35-31-20-34-17-16-32(31)37)25-5-3-4-23(18-25)6-10-27-11-8-24-7-9-26(33)19-30(24)36-27/h3-21H,1-2H3/b10-6+. The number of imidazole rings is 1. The molecule has 3 aromatic carbocycles. The molecule has 0 bridgehead atoms. The summed E-state index contributed by atoms with van der Waals surface area (Å²) < 4.78 is 8.41.